The van der Waals surface area contributed by atoms with Crippen molar-refractivity contribution in [2.24, 2.45) is 0 Å². The highest BCUT2D eigenvalue weighted by molar-refractivity contribution is 7.99. The molecule has 1 aromatic rings. The Hall–Kier alpha value is -1.83. The molecule has 2 amide bonds. The molecule has 0 unspecified atom stereocenters. The Morgan fingerprint density at radius 2 is 2.10 bits per heavy atom. The standard InChI is InChI=1S/C12H12F2N2O3S/c1-6-2-8(14)9(3-7(6)13)15-12(19)16-5-20-4-10(16)11(17)18/h2-3,10H,4-5H2,1H3,(H,15,19)(H,17,18)/t10-/m0/s1. The summed E-state index contributed by atoms with van der Waals surface area (Å²) in [5.41, 5.74) is -0.181. The van der Waals surface area contributed by atoms with Gasteiger partial charge in [-0.2, -0.15) is 0 Å². The van der Waals surface area contributed by atoms with E-state index in [1.807, 2.05) is 0 Å². The van der Waals surface area contributed by atoms with E-state index in [1.54, 1.807) is 0 Å². The summed E-state index contributed by atoms with van der Waals surface area (Å²) in [5, 5.41) is 11.2. The van der Waals surface area contributed by atoms with Gasteiger partial charge in [0.15, 0.2) is 0 Å². The lowest BCUT2D eigenvalue weighted by Crippen LogP contribution is -2.44. The number of carbonyl (C=O) groups is 2. The lowest BCUT2D eigenvalue weighted by molar-refractivity contribution is -0.140. The number of anilines is 1. The second-order valence-corrected chi connectivity index (χ2v) is 5.33. The van der Waals surface area contributed by atoms with Crippen molar-refractivity contribution in [1.82, 2.24) is 4.90 Å². The highest BCUT2D eigenvalue weighted by Gasteiger charge is 2.34. The Morgan fingerprint density at radius 3 is 2.75 bits per heavy atom. The number of hydrogen-bond acceptors (Lipinski definition) is 3. The molecular formula is C12H12F2N2O3S. The number of nitrogens with one attached hydrogen (secondary N) is 1. The number of amides is 2. The predicted octanol–water partition coefficient (Wildman–Crippen LogP) is 2.26. The van der Waals surface area contributed by atoms with Crippen LogP contribution in [0.5, 0.6) is 0 Å². The number of urea groups is 1. The first-order valence-electron chi connectivity index (χ1n) is 5.74. The monoisotopic (exact) mass is 302 g/mol. The van der Waals surface area contributed by atoms with E-state index in [0.29, 0.717) is 0 Å². The molecule has 0 aromatic heterocycles. The molecule has 20 heavy (non-hydrogen) atoms. The van der Waals surface area contributed by atoms with Gasteiger partial charge < -0.3 is 15.3 Å². The molecule has 1 fully saturated rings. The van der Waals surface area contributed by atoms with Crippen LogP contribution >= 0.6 is 11.8 Å². The summed E-state index contributed by atoms with van der Waals surface area (Å²) in [6, 6.07) is 0.128. The van der Waals surface area contributed by atoms with Gasteiger partial charge in [0.1, 0.15) is 17.7 Å². The molecule has 5 nitrogen and oxygen atoms in total. The van der Waals surface area contributed by atoms with Crippen LogP contribution in [0.3, 0.4) is 0 Å². The average molecular weight is 302 g/mol. The normalized spacial score (nSPS) is 18.1. The molecule has 1 atom stereocenters. The van der Waals surface area contributed by atoms with E-state index in [0.717, 1.165) is 17.0 Å². The Balaban J connectivity index is 2.16. The van der Waals surface area contributed by atoms with Crippen molar-refractivity contribution in [2.45, 2.75) is 13.0 Å². The molecular weight excluding hydrogens is 290 g/mol. The molecule has 1 aliphatic heterocycles. The Bertz CT molecular complexity index is 568. The van der Waals surface area contributed by atoms with Crippen LogP contribution in [0.25, 0.3) is 0 Å². The average Bonchev–Trinajstić information content (AvgIpc) is 2.85. The maximum atomic E-state index is 13.6. The molecule has 1 aromatic carbocycles. The van der Waals surface area contributed by atoms with Gasteiger partial charge in [-0.15, -0.1) is 11.8 Å². The Labute approximate surface area is 117 Å². The van der Waals surface area contributed by atoms with Crippen LogP contribution in [-0.4, -0.2) is 39.7 Å². The van der Waals surface area contributed by atoms with Crippen LogP contribution < -0.4 is 5.32 Å². The van der Waals surface area contributed by atoms with E-state index in [1.165, 1.54) is 18.7 Å². The van der Waals surface area contributed by atoms with Gasteiger partial charge >= 0.3 is 12.0 Å². The third-order valence-corrected chi connectivity index (χ3v) is 3.93. The third kappa shape index (κ3) is 2.84. The number of rotatable bonds is 2. The Morgan fingerprint density at radius 1 is 1.40 bits per heavy atom. The van der Waals surface area contributed by atoms with Crippen molar-refractivity contribution in [1.29, 1.82) is 0 Å². The fraction of sp³-hybridized carbons (Fsp3) is 0.333. The van der Waals surface area contributed by atoms with Crippen LogP contribution in [0.15, 0.2) is 12.1 Å². The third-order valence-electron chi connectivity index (χ3n) is 2.92. The smallest absolute Gasteiger partial charge is 0.327 e. The molecule has 0 bridgehead atoms. The van der Waals surface area contributed by atoms with Crippen LogP contribution in [0.1, 0.15) is 5.56 Å². The SMILES string of the molecule is Cc1cc(F)c(NC(=O)N2CSC[C@H]2C(=O)O)cc1F. The minimum absolute atomic E-state index is 0.126. The summed E-state index contributed by atoms with van der Waals surface area (Å²) in [4.78, 5) is 24.0. The van der Waals surface area contributed by atoms with Gasteiger partial charge in [-0.25, -0.2) is 18.4 Å². The number of carbonyl (C=O) groups excluding carboxylic acids is 1. The van der Waals surface area contributed by atoms with Gasteiger partial charge in [-0.05, 0) is 18.6 Å². The minimum Gasteiger partial charge on any atom is -0.480 e. The van der Waals surface area contributed by atoms with Gasteiger partial charge in [0.25, 0.3) is 0 Å². The summed E-state index contributed by atoms with van der Waals surface area (Å²) in [6.07, 6.45) is 0. The van der Waals surface area contributed by atoms with Crippen LogP contribution in [0, 0.1) is 18.6 Å². The molecule has 0 saturated carbocycles. The van der Waals surface area contributed by atoms with E-state index in [-0.39, 0.29) is 22.9 Å². The zero-order valence-electron chi connectivity index (χ0n) is 10.5. The fourth-order valence-corrected chi connectivity index (χ4v) is 2.92. The number of carboxylic acid groups (broad SMARTS) is 1. The van der Waals surface area contributed by atoms with E-state index in [2.05, 4.69) is 5.32 Å². The molecule has 0 radical (unpaired) electrons. The van der Waals surface area contributed by atoms with Gasteiger partial charge in [0.05, 0.1) is 11.6 Å². The summed E-state index contributed by atoms with van der Waals surface area (Å²) < 4.78 is 27.0. The predicted molar refractivity (Wildman–Crippen MR) is 70.7 cm³/mol. The lowest BCUT2D eigenvalue weighted by Gasteiger charge is -2.21. The molecule has 2 rings (SSSR count). The molecule has 1 aliphatic rings. The van der Waals surface area contributed by atoms with Gasteiger partial charge in [0.2, 0.25) is 0 Å². The number of hydrogen-bond donors (Lipinski definition) is 2. The number of nitrogens with zero attached hydrogens (tertiary/aromatic N) is 1. The number of benzene rings is 1. The second-order valence-electron chi connectivity index (χ2n) is 4.34. The molecule has 8 heteroatoms. The first-order valence-corrected chi connectivity index (χ1v) is 6.89. The number of carboxylic acids is 1. The fourth-order valence-electron chi connectivity index (χ4n) is 1.78. The molecule has 2 N–H and O–H groups in total. The largest absolute Gasteiger partial charge is 0.480 e. The van der Waals surface area contributed by atoms with Gasteiger partial charge in [-0.3, -0.25) is 0 Å². The highest BCUT2D eigenvalue weighted by atomic mass is 32.2. The first kappa shape index (κ1) is 14.6. The van der Waals surface area contributed by atoms with Crippen LogP contribution in [0.4, 0.5) is 19.3 Å². The van der Waals surface area contributed by atoms with Crippen molar-refractivity contribution >= 4 is 29.4 Å². The van der Waals surface area contributed by atoms with Gasteiger partial charge in [0, 0.05) is 11.8 Å². The highest BCUT2D eigenvalue weighted by Crippen LogP contribution is 2.24. The van der Waals surface area contributed by atoms with E-state index >= 15 is 0 Å². The van der Waals surface area contributed by atoms with Crippen LogP contribution in [0.2, 0.25) is 0 Å². The van der Waals surface area contributed by atoms with E-state index in [9.17, 15) is 18.4 Å². The number of aliphatic carboxylic acids is 1. The Kier molecular flexibility index (Phi) is 4.12. The maximum absolute atomic E-state index is 13.6. The number of thioether (sulfide) groups is 1. The van der Waals surface area contributed by atoms with Crippen molar-refractivity contribution < 1.29 is 23.5 Å². The summed E-state index contributed by atoms with van der Waals surface area (Å²) in [5.74, 6) is -2.07. The molecule has 1 heterocycles. The van der Waals surface area contributed by atoms with Crippen molar-refractivity contribution in [2.75, 3.05) is 16.9 Å². The molecule has 108 valence electrons. The summed E-state index contributed by atoms with van der Waals surface area (Å²) in [6.45, 7) is 1.40. The second kappa shape index (κ2) is 5.66. The lowest BCUT2D eigenvalue weighted by atomic mass is 10.2. The number of aryl methyl sites for hydroxylation is 1. The minimum atomic E-state index is -1.12. The summed E-state index contributed by atoms with van der Waals surface area (Å²) >= 11 is 1.28. The van der Waals surface area contributed by atoms with Crippen LogP contribution in [-0.2, 0) is 4.79 Å². The van der Waals surface area contributed by atoms with Crippen molar-refractivity contribution in [3.05, 3.63) is 29.3 Å². The maximum Gasteiger partial charge on any atom is 0.327 e. The van der Waals surface area contributed by atoms with Gasteiger partial charge in [-0.1, -0.05) is 0 Å². The topological polar surface area (TPSA) is 69.6 Å². The first-order chi connectivity index (χ1) is 9.40. The zero-order chi connectivity index (χ0) is 14.9. The molecule has 0 aliphatic carbocycles. The van der Waals surface area contributed by atoms with E-state index in [4.69, 9.17) is 5.11 Å². The molecule has 0 spiro atoms. The molecule has 1 saturated heterocycles. The van der Waals surface area contributed by atoms with Crippen molar-refractivity contribution in [3.8, 4) is 0 Å². The summed E-state index contributed by atoms with van der Waals surface area (Å²) in [7, 11) is 0. The number of halogens is 2. The van der Waals surface area contributed by atoms with E-state index < -0.39 is 29.7 Å². The zero-order valence-corrected chi connectivity index (χ0v) is 11.3. The quantitative estimate of drug-likeness (QED) is 0.879. The van der Waals surface area contributed by atoms with Crippen molar-refractivity contribution in [3.63, 3.8) is 0 Å².